The van der Waals surface area contributed by atoms with Gasteiger partial charge in [0.05, 0.1) is 9.54 Å². The fourth-order valence-electron chi connectivity index (χ4n) is 0.940. The largest absolute Gasteiger partial charge is 0.327 e. The summed E-state index contributed by atoms with van der Waals surface area (Å²) in [5, 5.41) is 0. The molecule has 0 amide bonds. The minimum atomic E-state index is -0.823. The first-order chi connectivity index (χ1) is 6.08. The summed E-state index contributed by atoms with van der Waals surface area (Å²) in [5.41, 5.74) is 5.55. The first-order valence-corrected chi connectivity index (χ1v) is 7.02. The predicted octanol–water partition coefficient (Wildman–Crippen LogP) is 2.11. The van der Waals surface area contributed by atoms with Crippen molar-refractivity contribution < 1.29 is 4.21 Å². The molecule has 1 aromatic rings. The van der Waals surface area contributed by atoms with Gasteiger partial charge in [0.15, 0.2) is 0 Å². The predicted molar refractivity (Wildman–Crippen MR) is 62.4 cm³/mol. The van der Waals surface area contributed by atoms with Crippen LogP contribution in [0.3, 0.4) is 0 Å². The molecule has 5 heteroatoms. The van der Waals surface area contributed by atoms with Crippen LogP contribution < -0.4 is 5.73 Å². The summed E-state index contributed by atoms with van der Waals surface area (Å²) in [6.45, 7) is 1.88. The molecule has 0 fully saturated rings. The van der Waals surface area contributed by atoms with Crippen LogP contribution in [-0.4, -0.2) is 16.0 Å². The fourth-order valence-corrected chi connectivity index (χ4v) is 3.97. The second-order valence-corrected chi connectivity index (χ2v) is 6.98. The van der Waals surface area contributed by atoms with E-state index in [9.17, 15) is 4.21 Å². The maximum Gasteiger partial charge on any atom is 0.0701 e. The number of hydrogen-bond donors (Lipinski definition) is 1. The van der Waals surface area contributed by atoms with Crippen molar-refractivity contribution in [1.29, 1.82) is 0 Å². The Bertz CT molecular complexity index is 298. The van der Waals surface area contributed by atoms with Gasteiger partial charge in [0.25, 0.3) is 0 Å². The van der Waals surface area contributed by atoms with E-state index < -0.39 is 10.8 Å². The lowest BCUT2D eigenvalue weighted by molar-refractivity contribution is 0.676. The van der Waals surface area contributed by atoms with Crippen LogP contribution in [0.15, 0.2) is 15.9 Å². The Balaban J connectivity index is 2.45. The highest BCUT2D eigenvalue weighted by atomic mass is 79.9. The maximum atomic E-state index is 11.5. The highest BCUT2D eigenvalue weighted by Gasteiger charge is 2.06. The van der Waals surface area contributed by atoms with Gasteiger partial charge in [0, 0.05) is 27.5 Å². The van der Waals surface area contributed by atoms with Crippen molar-refractivity contribution in [3.05, 3.63) is 20.8 Å². The smallest absolute Gasteiger partial charge is 0.0701 e. The van der Waals surface area contributed by atoms with Crippen molar-refractivity contribution >= 4 is 38.1 Å². The van der Waals surface area contributed by atoms with Crippen LogP contribution in [0.5, 0.6) is 0 Å². The van der Waals surface area contributed by atoms with E-state index in [4.69, 9.17) is 5.73 Å². The van der Waals surface area contributed by atoms with E-state index >= 15 is 0 Å². The highest BCUT2D eigenvalue weighted by molar-refractivity contribution is 9.11. The van der Waals surface area contributed by atoms with Gasteiger partial charge in [-0.15, -0.1) is 11.3 Å². The summed E-state index contributed by atoms with van der Waals surface area (Å²) in [5.74, 6) is 1.20. The first-order valence-electron chi connectivity index (χ1n) is 3.92. The SMILES string of the molecule is CC(N)CS(=O)Cc1ccc(Br)s1. The second-order valence-electron chi connectivity index (χ2n) is 2.93. The monoisotopic (exact) mass is 281 g/mol. The summed E-state index contributed by atoms with van der Waals surface area (Å²) in [6.07, 6.45) is 0. The Morgan fingerprint density at radius 2 is 2.38 bits per heavy atom. The Labute approximate surface area is 93.1 Å². The molecule has 0 bridgehead atoms. The summed E-state index contributed by atoms with van der Waals surface area (Å²) in [4.78, 5) is 1.14. The topological polar surface area (TPSA) is 43.1 Å². The number of nitrogens with two attached hydrogens (primary N) is 1. The molecule has 0 aliphatic rings. The number of hydrogen-bond acceptors (Lipinski definition) is 3. The lowest BCUT2D eigenvalue weighted by atomic mass is 10.4. The van der Waals surface area contributed by atoms with Crippen LogP contribution in [0, 0.1) is 0 Å². The fraction of sp³-hybridized carbons (Fsp3) is 0.500. The van der Waals surface area contributed by atoms with Gasteiger partial charge in [-0.1, -0.05) is 0 Å². The minimum absolute atomic E-state index is 0.0178. The van der Waals surface area contributed by atoms with Crippen molar-refractivity contribution in [2.24, 2.45) is 5.73 Å². The zero-order valence-corrected chi connectivity index (χ0v) is 10.5. The molecule has 1 aromatic heterocycles. The molecular formula is C8H12BrNOS2. The third kappa shape index (κ3) is 4.35. The number of halogens is 1. The maximum absolute atomic E-state index is 11.5. The van der Waals surface area contributed by atoms with Crippen LogP contribution >= 0.6 is 27.3 Å². The van der Waals surface area contributed by atoms with E-state index in [1.165, 1.54) is 0 Å². The molecule has 13 heavy (non-hydrogen) atoms. The normalized spacial score (nSPS) is 15.6. The third-order valence-electron chi connectivity index (χ3n) is 1.38. The van der Waals surface area contributed by atoms with E-state index in [-0.39, 0.29) is 6.04 Å². The molecule has 2 N–H and O–H groups in total. The molecule has 2 nitrogen and oxygen atoms in total. The lowest BCUT2D eigenvalue weighted by Gasteiger charge is -2.03. The number of thiophene rings is 1. The van der Waals surface area contributed by atoms with E-state index in [0.29, 0.717) is 11.5 Å². The van der Waals surface area contributed by atoms with E-state index in [0.717, 1.165) is 8.66 Å². The average Bonchev–Trinajstić information content (AvgIpc) is 2.33. The van der Waals surface area contributed by atoms with Gasteiger partial charge in [-0.3, -0.25) is 4.21 Å². The van der Waals surface area contributed by atoms with Gasteiger partial charge < -0.3 is 5.73 Å². The molecule has 0 spiro atoms. The molecule has 0 saturated heterocycles. The van der Waals surface area contributed by atoms with Crippen LogP contribution in [0.25, 0.3) is 0 Å². The molecule has 0 saturated carbocycles. The van der Waals surface area contributed by atoms with Crippen LogP contribution in [-0.2, 0) is 16.6 Å². The van der Waals surface area contributed by atoms with Crippen molar-refractivity contribution in [2.45, 2.75) is 18.7 Å². The summed E-state index contributed by atoms with van der Waals surface area (Å²) in [7, 11) is -0.823. The van der Waals surface area contributed by atoms with E-state index in [1.807, 2.05) is 19.1 Å². The molecule has 1 heterocycles. The van der Waals surface area contributed by atoms with Gasteiger partial charge in [-0.2, -0.15) is 0 Å². The van der Waals surface area contributed by atoms with Crippen molar-refractivity contribution in [1.82, 2.24) is 0 Å². The average molecular weight is 282 g/mol. The Kier molecular flexibility index (Phi) is 4.58. The second kappa shape index (κ2) is 5.24. The molecule has 2 unspecified atom stereocenters. The molecular weight excluding hydrogens is 270 g/mol. The lowest BCUT2D eigenvalue weighted by Crippen LogP contribution is -2.23. The zero-order chi connectivity index (χ0) is 9.84. The highest BCUT2D eigenvalue weighted by Crippen LogP contribution is 2.23. The third-order valence-corrected chi connectivity index (χ3v) is 4.72. The summed E-state index contributed by atoms with van der Waals surface area (Å²) >= 11 is 4.99. The summed E-state index contributed by atoms with van der Waals surface area (Å²) < 4.78 is 12.5. The Morgan fingerprint density at radius 3 is 2.85 bits per heavy atom. The standard InChI is InChI=1S/C8H12BrNOS2/c1-6(10)4-13(11)5-7-2-3-8(9)12-7/h2-3,6H,4-5,10H2,1H3. The van der Waals surface area contributed by atoms with Crippen LogP contribution in [0.4, 0.5) is 0 Å². The van der Waals surface area contributed by atoms with Crippen molar-refractivity contribution in [3.63, 3.8) is 0 Å². The molecule has 0 aliphatic heterocycles. The van der Waals surface area contributed by atoms with Crippen LogP contribution in [0.1, 0.15) is 11.8 Å². The summed E-state index contributed by atoms with van der Waals surface area (Å²) in [6, 6.07) is 3.99. The molecule has 0 aromatic carbocycles. The molecule has 0 radical (unpaired) electrons. The van der Waals surface area contributed by atoms with E-state index in [2.05, 4.69) is 15.9 Å². The van der Waals surface area contributed by atoms with Crippen molar-refractivity contribution in [2.75, 3.05) is 5.75 Å². The minimum Gasteiger partial charge on any atom is -0.327 e. The van der Waals surface area contributed by atoms with Gasteiger partial charge >= 0.3 is 0 Å². The molecule has 0 aliphatic carbocycles. The quantitative estimate of drug-likeness (QED) is 0.919. The molecule has 2 atom stereocenters. The van der Waals surface area contributed by atoms with E-state index in [1.54, 1.807) is 11.3 Å². The Hall–Kier alpha value is 0.290. The van der Waals surface area contributed by atoms with Crippen LogP contribution in [0.2, 0.25) is 0 Å². The first kappa shape index (κ1) is 11.4. The van der Waals surface area contributed by atoms with Gasteiger partial charge in [-0.25, -0.2) is 0 Å². The zero-order valence-electron chi connectivity index (χ0n) is 7.33. The van der Waals surface area contributed by atoms with Gasteiger partial charge in [0.2, 0.25) is 0 Å². The molecule has 1 rings (SSSR count). The van der Waals surface area contributed by atoms with Gasteiger partial charge in [-0.05, 0) is 35.0 Å². The Morgan fingerprint density at radius 1 is 1.69 bits per heavy atom. The van der Waals surface area contributed by atoms with Crippen molar-refractivity contribution in [3.8, 4) is 0 Å². The number of rotatable bonds is 4. The van der Waals surface area contributed by atoms with Gasteiger partial charge in [0.1, 0.15) is 0 Å². The molecule has 74 valence electrons.